The SMILES string of the molecule is CC[C@@H]1CN(Cc2cc(C(CC(=O)O)c3sccc3C(C)=O)ccc2C)S(=O)(=O)c2ccccc2O1. The molecule has 9 heteroatoms. The lowest BCUT2D eigenvalue weighted by Gasteiger charge is -2.24. The van der Waals surface area contributed by atoms with Gasteiger partial charge in [0.1, 0.15) is 16.7 Å². The van der Waals surface area contributed by atoms with E-state index >= 15 is 0 Å². The summed E-state index contributed by atoms with van der Waals surface area (Å²) >= 11 is 1.36. The number of aliphatic carboxylic acids is 1. The Morgan fingerprint density at radius 1 is 1.19 bits per heavy atom. The quantitative estimate of drug-likeness (QED) is 0.403. The first kappa shape index (κ1) is 26.1. The maximum Gasteiger partial charge on any atom is 0.304 e. The highest BCUT2D eigenvalue weighted by Crippen LogP contribution is 2.37. The number of carbonyl (C=O) groups excluding carboxylic acids is 1. The first-order valence-corrected chi connectivity index (χ1v) is 14.1. The molecule has 36 heavy (non-hydrogen) atoms. The number of hydrogen-bond acceptors (Lipinski definition) is 6. The van der Waals surface area contributed by atoms with Crippen molar-refractivity contribution in [3.8, 4) is 5.75 Å². The molecule has 1 aromatic heterocycles. The highest BCUT2D eigenvalue weighted by molar-refractivity contribution is 7.89. The van der Waals surface area contributed by atoms with E-state index in [2.05, 4.69) is 0 Å². The van der Waals surface area contributed by atoms with Crippen LogP contribution in [0.25, 0.3) is 0 Å². The molecule has 7 nitrogen and oxygen atoms in total. The van der Waals surface area contributed by atoms with E-state index in [0.29, 0.717) is 22.6 Å². The third-order valence-corrected chi connectivity index (χ3v) is 9.40. The summed E-state index contributed by atoms with van der Waals surface area (Å²) in [5.41, 5.74) is 2.93. The third-order valence-electron chi connectivity index (χ3n) is 6.52. The van der Waals surface area contributed by atoms with Crippen LogP contribution < -0.4 is 4.74 Å². The summed E-state index contributed by atoms with van der Waals surface area (Å²) in [5, 5.41) is 11.4. The fourth-order valence-corrected chi connectivity index (χ4v) is 7.13. The van der Waals surface area contributed by atoms with Gasteiger partial charge in [0.2, 0.25) is 10.0 Å². The Balaban J connectivity index is 1.75. The molecule has 0 spiro atoms. The number of hydrogen-bond donors (Lipinski definition) is 1. The Labute approximate surface area is 215 Å². The van der Waals surface area contributed by atoms with Crippen molar-refractivity contribution in [1.29, 1.82) is 0 Å². The Kier molecular flexibility index (Phi) is 7.63. The van der Waals surface area contributed by atoms with Crippen LogP contribution in [0.1, 0.15) is 64.5 Å². The number of fused-ring (bicyclic) bond motifs is 1. The zero-order valence-electron chi connectivity index (χ0n) is 20.4. The molecule has 1 aliphatic heterocycles. The molecule has 0 aliphatic carbocycles. The summed E-state index contributed by atoms with van der Waals surface area (Å²) in [7, 11) is -3.82. The number of carboxylic acid groups (broad SMARTS) is 1. The van der Waals surface area contributed by atoms with Crippen LogP contribution in [0, 0.1) is 6.92 Å². The molecule has 0 amide bonds. The van der Waals surface area contributed by atoms with Crippen molar-refractivity contribution in [3.63, 3.8) is 0 Å². The molecule has 0 saturated heterocycles. The smallest absolute Gasteiger partial charge is 0.304 e. The number of ketones is 1. The van der Waals surface area contributed by atoms with E-state index in [1.165, 1.54) is 22.6 Å². The molecule has 0 saturated carbocycles. The van der Waals surface area contributed by atoms with E-state index in [4.69, 9.17) is 4.74 Å². The van der Waals surface area contributed by atoms with E-state index in [0.717, 1.165) is 16.7 Å². The topological polar surface area (TPSA) is 101 Å². The minimum atomic E-state index is -3.82. The standard InChI is InChI=1S/C27H29NO6S2/c1-4-21-16-28(36(32,33)25-8-6-5-7-24(25)34-21)15-20-13-19(10-9-17(20)2)23(14-26(30)31)27-22(18(3)29)11-12-35-27/h5-13,21,23H,4,14-16H2,1-3H3,(H,30,31)/t21-,23?/m1/s1. The molecule has 0 bridgehead atoms. The lowest BCUT2D eigenvalue weighted by Crippen LogP contribution is -2.36. The second kappa shape index (κ2) is 10.5. The molecule has 190 valence electrons. The number of carbonyl (C=O) groups is 2. The van der Waals surface area contributed by atoms with Gasteiger partial charge in [0, 0.05) is 22.9 Å². The molecule has 2 heterocycles. The van der Waals surface area contributed by atoms with Gasteiger partial charge in [0.15, 0.2) is 5.78 Å². The van der Waals surface area contributed by atoms with Crippen LogP contribution in [0.2, 0.25) is 0 Å². The van der Waals surface area contributed by atoms with E-state index in [1.54, 1.807) is 35.7 Å². The van der Waals surface area contributed by atoms with E-state index in [9.17, 15) is 23.1 Å². The third kappa shape index (κ3) is 5.23. The summed E-state index contributed by atoms with van der Waals surface area (Å²) in [6.45, 7) is 5.66. The molecule has 2 atom stereocenters. The molecule has 4 rings (SSSR count). The number of sulfonamides is 1. The van der Waals surface area contributed by atoms with Crippen LogP contribution in [0.3, 0.4) is 0 Å². The summed E-state index contributed by atoms with van der Waals surface area (Å²) in [6.07, 6.45) is 0.173. The molecular formula is C27H29NO6S2. The number of ether oxygens (including phenoxy) is 1. The van der Waals surface area contributed by atoms with Crippen molar-refractivity contribution >= 4 is 33.1 Å². The first-order chi connectivity index (χ1) is 17.1. The lowest BCUT2D eigenvalue weighted by molar-refractivity contribution is -0.137. The van der Waals surface area contributed by atoms with Crippen LogP contribution in [0.5, 0.6) is 5.75 Å². The van der Waals surface area contributed by atoms with Crippen molar-refractivity contribution in [2.24, 2.45) is 0 Å². The van der Waals surface area contributed by atoms with Gasteiger partial charge in [-0.15, -0.1) is 11.3 Å². The van der Waals surface area contributed by atoms with Crippen LogP contribution in [-0.2, 0) is 21.4 Å². The largest absolute Gasteiger partial charge is 0.488 e. The fourth-order valence-electron chi connectivity index (χ4n) is 4.49. The first-order valence-electron chi connectivity index (χ1n) is 11.8. The summed E-state index contributed by atoms with van der Waals surface area (Å²) in [6, 6.07) is 14.0. The van der Waals surface area contributed by atoms with Gasteiger partial charge in [0.05, 0.1) is 13.0 Å². The molecular weight excluding hydrogens is 498 g/mol. The normalized spacial score (nSPS) is 18.0. The monoisotopic (exact) mass is 527 g/mol. The van der Waals surface area contributed by atoms with Crippen LogP contribution in [0.15, 0.2) is 58.8 Å². The number of carboxylic acids is 1. The van der Waals surface area contributed by atoms with Crippen molar-refractivity contribution < 1.29 is 27.9 Å². The van der Waals surface area contributed by atoms with Crippen molar-refractivity contribution in [3.05, 3.63) is 81.0 Å². The maximum atomic E-state index is 13.6. The maximum absolute atomic E-state index is 13.6. The minimum absolute atomic E-state index is 0.117. The molecule has 0 fully saturated rings. The minimum Gasteiger partial charge on any atom is -0.488 e. The highest BCUT2D eigenvalue weighted by Gasteiger charge is 2.34. The Morgan fingerprint density at radius 3 is 2.64 bits per heavy atom. The zero-order chi connectivity index (χ0) is 26.0. The molecule has 0 radical (unpaired) electrons. The lowest BCUT2D eigenvalue weighted by atomic mass is 9.89. The Bertz CT molecular complexity index is 1390. The van der Waals surface area contributed by atoms with Gasteiger partial charge in [-0.3, -0.25) is 9.59 Å². The second-order valence-corrected chi connectivity index (χ2v) is 11.8. The van der Waals surface area contributed by atoms with Gasteiger partial charge in [-0.2, -0.15) is 4.31 Å². The van der Waals surface area contributed by atoms with E-state index in [-0.39, 0.29) is 36.3 Å². The van der Waals surface area contributed by atoms with E-state index < -0.39 is 21.9 Å². The Morgan fingerprint density at radius 2 is 1.94 bits per heavy atom. The Hall–Kier alpha value is -3.01. The van der Waals surface area contributed by atoms with Crippen LogP contribution in [-0.4, -0.2) is 42.2 Å². The fraction of sp³-hybridized carbons (Fsp3) is 0.333. The number of thiophene rings is 1. The van der Waals surface area contributed by atoms with Crippen molar-refractivity contribution in [2.75, 3.05) is 6.54 Å². The number of rotatable bonds is 8. The van der Waals surface area contributed by atoms with Crippen LogP contribution in [0.4, 0.5) is 0 Å². The van der Waals surface area contributed by atoms with Gasteiger partial charge in [0.25, 0.3) is 0 Å². The number of aryl methyl sites for hydroxylation is 1. The predicted octanol–water partition coefficient (Wildman–Crippen LogP) is 5.23. The molecule has 1 unspecified atom stereocenters. The number of nitrogens with zero attached hydrogens (tertiary/aromatic N) is 1. The predicted molar refractivity (Wildman–Crippen MR) is 138 cm³/mol. The molecule has 3 aromatic rings. The van der Waals surface area contributed by atoms with Crippen molar-refractivity contribution in [2.45, 2.75) is 57.1 Å². The van der Waals surface area contributed by atoms with Gasteiger partial charge in [-0.05, 0) is 60.5 Å². The van der Waals surface area contributed by atoms with E-state index in [1.807, 2.05) is 32.0 Å². The average molecular weight is 528 g/mol. The molecule has 2 aromatic carbocycles. The summed E-state index contributed by atoms with van der Waals surface area (Å²) in [5.74, 6) is -1.25. The van der Waals surface area contributed by atoms with Crippen molar-refractivity contribution in [1.82, 2.24) is 4.31 Å². The van der Waals surface area contributed by atoms with Gasteiger partial charge in [-0.25, -0.2) is 8.42 Å². The van der Waals surface area contributed by atoms with Gasteiger partial charge >= 0.3 is 5.97 Å². The molecule has 1 aliphatic rings. The second-order valence-electron chi connectivity index (χ2n) is 8.98. The average Bonchev–Trinajstić information content (AvgIpc) is 3.29. The molecule has 1 N–H and O–H groups in total. The summed E-state index contributed by atoms with van der Waals surface area (Å²) in [4.78, 5) is 24.8. The van der Waals surface area contributed by atoms with Gasteiger partial charge in [-0.1, -0.05) is 37.3 Å². The van der Waals surface area contributed by atoms with Crippen LogP contribution >= 0.6 is 11.3 Å². The zero-order valence-corrected chi connectivity index (χ0v) is 22.1. The highest BCUT2D eigenvalue weighted by atomic mass is 32.2. The van der Waals surface area contributed by atoms with Gasteiger partial charge < -0.3 is 9.84 Å². The number of Topliss-reactive ketones (excluding diaryl/α,β-unsaturated/α-hetero) is 1. The number of benzene rings is 2. The number of para-hydroxylation sites is 1. The summed E-state index contributed by atoms with van der Waals surface area (Å²) < 4.78 is 34.7.